The average Bonchev–Trinajstić information content (AvgIpc) is 1.87. The summed E-state index contributed by atoms with van der Waals surface area (Å²) in [5.74, 6) is 0. The molecular weight excluding hydrogens is 158 g/mol. The SMILES string of the molecule is Cc1coc(Br)n1. The van der Waals surface area contributed by atoms with Gasteiger partial charge in [-0.15, -0.1) is 0 Å². The van der Waals surface area contributed by atoms with Crippen molar-refractivity contribution >= 4 is 15.9 Å². The lowest BCUT2D eigenvalue weighted by Crippen LogP contribution is -1.63. The molecule has 3 heteroatoms. The van der Waals surface area contributed by atoms with Gasteiger partial charge in [-0.2, -0.15) is 0 Å². The second-order valence-corrected chi connectivity index (χ2v) is 1.92. The van der Waals surface area contributed by atoms with E-state index in [0.29, 0.717) is 4.80 Å². The number of aromatic nitrogens is 1. The normalized spacial score (nSPS) is 9.43. The van der Waals surface area contributed by atoms with Crippen LogP contribution in [0.4, 0.5) is 0 Å². The summed E-state index contributed by atoms with van der Waals surface area (Å²) in [6, 6.07) is 0. The molecule has 38 valence electrons. The number of aryl methyl sites for hydroxylation is 1. The van der Waals surface area contributed by atoms with Crippen molar-refractivity contribution in [3.8, 4) is 0 Å². The summed E-state index contributed by atoms with van der Waals surface area (Å²) in [5, 5.41) is 0. The fourth-order valence-electron chi connectivity index (χ4n) is 0.325. The van der Waals surface area contributed by atoms with Crippen LogP contribution in [0, 0.1) is 6.92 Å². The van der Waals surface area contributed by atoms with Crippen molar-refractivity contribution in [1.82, 2.24) is 4.98 Å². The highest BCUT2D eigenvalue weighted by Gasteiger charge is 1.89. The minimum Gasteiger partial charge on any atom is -0.439 e. The number of halogens is 1. The molecule has 0 fully saturated rings. The van der Waals surface area contributed by atoms with Crippen LogP contribution in [0.1, 0.15) is 5.69 Å². The molecular formula is C4H4BrNO. The van der Waals surface area contributed by atoms with Crippen LogP contribution >= 0.6 is 15.9 Å². The Morgan fingerprint density at radius 3 is 2.71 bits per heavy atom. The number of nitrogens with zero attached hydrogens (tertiary/aromatic N) is 1. The van der Waals surface area contributed by atoms with E-state index in [9.17, 15) is 0 Å². The zero-order valence-corrected chi connectivity index (χ0v) is 5.40. The molecule has 1 heterocycles. The zero-order valence-electron chi connectivity index (χ0n) is 3.81. The van der Waals surface area contributed by atoms with E-state index in [0.717, 1.165) is 5.69 Å². The Morgan fingerprint density at radius 1 is 1.86 bits per heavy atom. The highest BCUT2D eigenvalue weighted by Crippen LogP contribution is 2.06. The first kappa shape index (κ1) is 4.84. The number of hydrogen-bond acceptors (Lipinski definition) is 2. The van der Waals surface area contributed by atoms with Gasteiger partial charge in [0.2, 0.25) is 0 Å². The molecule has 0 spiro atoms. The molecule has 7 heavy (non-hydrogen) atoms. The van der Waals surface area contributed by atoms with Crippen LogP contribution in [-0.2, 0) is 0 Å². The maximum atomic E-state index is 4.77. The summed E-state index contributed by atoms with van der Waals surface area (Å²) in [6.45, 7) is 1.87. The quantitative estimate of drug-likeness (QED) is 0.580. The number of rotatable bonds is 0. The number of hydrogen-bond donors (Lipinski definition) is 0. The van der Waals surface area contributed by atoms with Crippen LogP contribution in [0.3, 0.4) is 0 Å². The van der Waals surface area contributed by atoms with Crippen molar-refractivity contribution in [2.75, 3.05) is 0 Å². The van der Waals surface area contributed by atoms with E-state index in [1.54, 1.807) is 6.26 Å². The predicted octanol–water partition coefficient (Wildman–Crippen LogP) is 1.75. The Morgan fingerprint density at radius 2 is 2.57 bits per heavy atom. The molecule has 0 unspecified atom stereocenters. The fraction of sp³-hybridized carbons (Fsp3) is 0.250. The Bertz CT molecular complexity index is 144. The molecule has 0 aliphatic rings. The maximum Gasteiger partial charge on any atom is 0.264 e. The minimum atomic E-state index is 0.546. The summed E-state index contributed by atoms with van der Waals surface area (Å²) in [4.78, 5) is 4.41. The topological polar surface area (TPSA) is 26.0 Å². The van der Waals surface area contributed by atoms with Crippen molar-refractivity contribution in [2.45, 2.75) is 6.92 Å². The molecule has 0 aliphatic carbocycles. The van der Waals surface area contributed by atoms with Gasteiger partial charge in [0.1, 0.15) is 6.26 Å². The van der Waals surface area contributed by atoms with Gasteiger partial charge < -0.3 is 4.42 Å². The second kappa shape index (κ2) is 1.66. The van der Waals surface area contributed by atoms with Gasteiger partial charge in [0, 0.05) is 15.9 Å². The Labute approximate surface area is 49.7 Å². The van der Waals surface area contributed by atoms with Crippen LogP contribution in [-0.4, -0.2) is 4.98 Å². The van der Waals surface area contributed by atoms with Gasteiger partial charge in [-0.05, 0) is 6.92 Å². The third-order valence-corrected chi connectivity index (χ3v) is 0.955. The van der Waals surface area contributed by atoms with Crippen molar-refractivity contribution < 1.29 is 4.42 Å². The van der Waals surface area contributed by atoms with Crippen LogP contribution in [0.2, 0.25) is 0 Å². The summed E-state index contributed by atoms with van der Waals surface area (Å²) in [6.07, 6.45) is 1.59. The highest BCUT2D eigenvalue weighted by atomic mass is 79.9. The molecule has 0 N–H and O–H groups in total. The second-order valence-electron chi connectivity index (χ2n) is 1.24. The molecule has 0 aliphatic heterocycles. The van der Waals surface area contributed by atoms with Crippen LogP contribution < -0.4 is 0 Å². The molecule has 1 aromatic rings. The predicted molar refractivity (Wildman–Crippen MR) is 28.9 cm³/mol. The first-order valence-corrected chi connectivity index (χ1v) is 2.66. The van der Waals surface area contributed by atoms with E-state index in [-0.39, 0.29) is 0 Å². The molecule has 0 bridgehead atoms. The lowest BCUT2D eigenvalue weighted by Gasteiger charge is -1.66. The van der Waals surface area contributed by atoms with Crippen molar-refractivity contribution in [2.24, 2.45) is 0 Å². The monoisotopic (exact) mass is 161 g/mol. The minimum absolute atomic E-state index is 0.546. The Kier molecular flexibility index (Phi) is 1.15. The zero-order chi connectivity index (χ0) is 5.28. The van der Waals surface area contributed by atoms with Crippen LogP contribution in [0.5, 0.6) is 0 Å². The van der Waals surface area contributed by atoms with Gasteiger partial charge in [0.15, 0.2) is 0 Å². The van der Waals surface area contributed by atoms with Crippen molar-refractivity contribution in [1.29, 1.82) is 0 Å². The molecule has 0 aromatic carbocycles. The maximum absolute atomic E-state index is 4.77. The van der Waals surface area contributed by atoms with Crippen molar-refractivity contribution in [3.63, 3.8) is 0 Å². The van der Waals surface area contributed by atoms with Crippen LogP contribution in [0.15, 0.2) is 15.5 Å². The molecule has 2 nitrogen and oxygen atoms in total. The molecule has 1 aromatic heterocycles. The van der Waals surface area contributed by atoms with E-state index in [4.69, 9.17) is 4.42 Å². The summed E-state index contributed by atoms with van der Waals surface area (Å²) in [5.41, 5.74) is 0.895. The van der Waals surface area contributed by atoms with Gasteiger partial charge in [-0.3, -0.25) is 0 Å². The molecule has 0 saturated heterocycles. The van der Waals surface area contributed by atoms with Gasteiger partial charge in [0.05, 0.1) is 5.69 Å². The average molecular weight is 162 g/mol. The van der Waals surface area contributed by atoms with E-state index < -0.39 is 0 Å². The molecule has 0 radical (unpaired) electrons. The molecule has 0 saturated carbocycles. The smallest absolute Gasteiger partial charge is 0.264 e. The van der Waals surface area contributed by atoms with E-state index in [1.807, 2.05) is 6.92 Å². The van der Waals surface area contributed by atoms with E-state index >= 15 is 0 Å². The number of oxazole rings is 1. The van der Waals surface area contributed by atoms with Gasteiger partial charge in [-0.1, -0.05) is 0 Å². The highest BCUT2D eigenvalue weighted by molar-refractivity contribution is 9.10. The van der Waals surface area contributed by atoms with Gasteiger partial charge in [0.25, 0.3) is 4.80 Å². The largest absolute Gasteiger partial charge is 0.439 e. The summed E-state index contributed by atoms with van der Waals surface area (Å²) >= 11 is 3.05. The first-order valence-electron chi connectivity index (χ1n) is 1.86. The van der Waals surface area contributed by atoms with Gasteiger partial charge in [-0.25, -0.2) is 4.98 Å². The third kappa shape index (κ3) is 1.03. The lowest BCUT2D eigenvalue weighted by molar-refractivity contribution is 0.528. The van der Waals surface area contributed by atoms with Gasteiger partial charge >= 0.3 is 0 Å². The molecule has 0 atom stereocenters. The fourth-order valence-corrected chi connectivity index (χ4v) is 0.698. The summed E-state index contributed by atoms with van der Waals surface area (Å²) < 4.78 is 4.77. The standard InChI is InChI=1S/C4H4BrNO/c1-3-2-7-4(5)6-3/h2H,1H3. The third-order valence-electron chi connectivity index (χ3n) is 0.591. The Hall–Kier alpha value is -0.310. The van der Waals surface area contributed by atoms with E-state index in [1.165, 1.54) is 0 Å². The van der Waals surface area contributed by atoms with E-state index in [2.05, 4.69) is 20.9 Å². The van der Waals surface area contributed by atoms with Crippen molar-refractivity contribution in [3.05, 3.63) is 16.8 Å². The summed E-state index contributed by atoms with van der Waals surface area (Å²) in [7, 11) is 0. The van der Waals surface area contributed by atoms with Crippen LogP contribution in [0.25, 0.3) is 0 Å². The first-order chi connectivity index (χ1) is 3.29. The molecule has 1 rings (SSSR count). The Balaban J connectivity index is 3.04. The molecule has 0 amide bonds. The lowest BCUT2D eigenvalue weighted by atomic mass is 10.6.